The van der Waals surface area contributed by atoms with Crippen molar-refractivity contribution in [2.24, 2.45) is 5.92 Å². The van der Waals surface area contributed by atoms with Crippen molar-refractivity contribution in [1.82, 2.24) is 9.80 Å². The van der Waals surface area contributed by atoms with E-state index >= 15 is 0 Å². The molecule has 0 unspecified atom stereocenters. The van der Waals surface area contributed by atoms with Crippen LogP contribution in [0.15, 0.2) is 24.3 Å². The van der Waals surface area contributed by atoms with Gasteiger partial charge in [0.1, 0.15) is 11.4 Å². The van der Waals surface area contributed by atoms with Crippen LogP contribution in [0.4, 0.5) is 15.3 Å². The van der Waals surface area contributed by atoms with E-state index in [1.165, 1.54) is 34.1 Å². The highest BCUT2D eigenvalue weighted by atomic mass is 16.6. The average Bonchev–Trinajstić information content (AvgIpc) is 3.16. The van der Waals surface area contributed by atoms with Crippen molar-refractivity contribution in [3.8, 4) is 5.75 Å². The molecule has 1 saturated heterocycles. The number of Topliss-reactive ketones (excluding diaryl/α,β-unsaturated/α-hetero) is 1. The first-order chi connectivity index (χ1) is 14.9. The third-order valence-corrected chi connectivity index (χ3v) is 4.70. The maximum atomic E-state index is 13.0. The summed E-state index contributed by atoms with van der Waals surface area (Å²) in [7, 11) is 0. The summed E-state index contributed by atoms with van der Waals surface area (Å²) in [6, 6.07) is 4.46. The normalized spacial score (nSPS) is 16.1. The van der Waals surface area contributed by atoms with Crippen LogP contribution >= 0.6 is 0 Å². The lowest BCUT2D eigenvalue weighted by atomic mass is 10.1. The Bertz CT molecular complexity index is 846. The number of carbonyl (C=O) groups excluding carboxylic acids is 3. The Hall–Kier alpha value is -3.17. The summed E-state index contributed by atoms with van der Waals surface area (Å²) >= 11 is 0. The number of likely N-dealkylation sites (tertiary alicyclic amines) is 1. The third kappa shape index (κ3) is 7.21. The summed E-state index contributed by atoms with van der Waals surface area (Å²) in [4.78, 5) is 51.2. The first-order valence-electron chi connectivity index (χ1n) is 10.6. The molecule has 1 atom stereocenters. The monoisotopic (exact) mass is 449 g/mol. The van der Waals surface area contributed by atoms with Gasteiger partial charge in [0.15, 0.2) is 5.78 Å². The van der Waals surface area contributed by atoms with Crippen LogP contribution in [0.25, 0.3) is 0 Å². The smallest absolute Gasteiger partial charge is 0.415 e. The predicted molar refractivity (Wildman–Crippen MR) is 117 cm³/mol. The number of nitro benzene ring substituents is 1. The Labute approximate surface area is 187 Å². The van der Waals surface area contributed by atoms with Gasteiger partial charge in [-0.05, 0) is 51.7 Å². The van der Waals surface area contributed by atoms with Crippen molar-refractivity contribution in [2.75, 3.05) is 19.6 Å². The van der Waals surface area contributed by atoms with Crippen LogP contribution in [0.1, 0.15) is 47.5 Å². The van der Waals surface area contributed by atoms with Gasteiger partial charge in [0.25, 0.3) is 5.69 Å². The lowest BCUT2D eigenvalue weighted by Crippen LogP contribution is -2.48. The Morgan fingerprint density at radius 1 is 1.22 bits per heavy atom. The highest BCUT2D eigenvalue weighted by Crippen LogP contribution is 2.23. The van der Waals surface area contributed by atoms with E-state index in [-0.39, 0.29) is 36.2 Å². The molecule has 0 radical (unpaired) electrons. The van der Waals surface area contributed by atoms with Crippen LogP contribution in [-0.4, -0.2) is 64.0 Å². The van der Waals surface area contributed by atoms with Gasteiger partial charge in [-0.3, -0.25) is 19.8 Å². The molecule has 1 fully saturated rings. The number of rotatable bonds is 7. The van der Waals surface area contributed by atoms with Gasteiger partial charge in [-0.1, -0.05) is 13.8 Å². The van der Waals surface area contributed by atoms with Crippen molar-refractivity contribution in [1.29, 1.82) is 0 Å². The number of nitrogens with zero attached hydrogens (tertiary/aromatic N) is 3. The first kappa shape index (κ1) is 25.1. The Kier molecular flexibility index (Phi) is 8.18. The minimum absolute atomic E-state index is 0.0674. The minimum atomic E-state index is -0.734. The topological polar surface area (TPSA) is 119 Å². The molecule has 0 bridgehead atoms. The lowest BCUT2D eigenvalue weighted by molar-refractivity contribution is -0.384. The Morgan fingerprint density at radius 3 is 2.38 bits per heavy atom. The predicted octanol–water partition coefficient (Wildman–Crippen LogP) is 4.02. The van der Waals surface area contributed by atoms with Gasteiger partial charge >= 0.3 is 12.2 Å². The summed E-state index contributed by atoms with van der Waals surface area (Å²) in [5.74, 6) is -0.0644. The number of non-ortho nitro benzene ring substituents is 1. The first-order valence-corrected chi connectivity index (χ1v) is 10.6. The van der Waals surface area contributed by atoms with Gasteiger partial charge in [-0.25, -0.2) is 9.59 Å². The van der Waals surface area contributed by atoms with Gasteiger partial charge in [-0.15, -0.1) is 0 Å². The molecule has 1 heterocycles. The molecule has 10 heteroatoms. The number of carbonyl (C=O) groups is 3. The summed E-state index contributed by atoms with van der Waals surface area (Å²) in [5.41, 5.74) is -0.798. The van der Waals surface area contributed by atoms with Gasteiger partial charge in [0.2, 0.25) is 0 Å². The van der Waals surface area contributed by atoms with Crippen molar-refractivity contribution in [3.05, 3.63) is 34.4 Å². The molecule has 32 heavy (non-hydrogen) atoms. The van der Waals surface area contributed by atoms with Gasteiger partial charge in [-0.2, -0.15) is 0 Å². The van der Waals surface area contributed by atoms with E-state index in [0.717, 1.165) is 0 Å². The molecule has 0 spiro atoms. The van der Waals surface area contributed by atoms with Crippen LogP contribution in [0, 0.1) is 16.0 Å². The van der Waals surface area contributed by atoms with E-state index in [0.29, 0.717) is 19.4 Å². The lowest BCUT2D eigenvalue weighted by Gasteiger charge is -2.29. The largest absolute Gasteiger partial charge is 0.444 e. The van der Waals surface area contributed by atoms with Gasteiger partial charge < -0.3 is 14.4 Å². The Balaban J connectivity index is 2.08. The molecule has 10 nitrogen and oxygen atoms in total. The summed E-state index contributed by atoms with van der Waals surface area (Å²) in [5, 5.41) is 10.8. The van der Waals surface area contributed by atoms with Crippen molar-refractivity contribution < 1.29 is 28.8 Å². The zero-order chi connectivity index (χ0) is 24.1. The van der Waals surface area contributed by atoms with Crippen LogP contribution in [0.2, 0.25) is 0 Å². The van der Waals surface area contributed by atoms with Gasteiger partial charge in [0.05, 0.1) is 17.5 Å². The number of ketones is 1. The molecule has 1 aromatic carbocycles. The molecule has 0 N–H and O–H groups in total. The third-order valence-electron chi connectivity index (χ3n) is 4.70. The molecular weight excluding hydrogens is 418 g/mol. The number of nitro groups is 1. The second-order valence-electron chi connectivity index (χ2n) is 9.19. The van der Waals surface area contributed by atoms with Gasteiger partial charge in [0, 0.05) is 25.2 Å². The molecule has 0 saturated carbocycles. The zero-order valence-electron chi connectivity index (χ0n) is 19.2. The van der Waals surface area contributed by atoms with E-state index in [9.17, 15) is 24.5 Å². The Morgan fingerprint density at radius 2 is 1.84 bits per heavy atom. The number of benzene rings is 1. The molecule has 1 aliphatic heterocycles. The quantitative estimate of drug-likeness (QED) is 0.455. The molecule has 176 valence electrons. The fourth-order valence-electron chi connectivity index (χ4n) is 3.38. The minimum Gasteiger partial charge on any atom is -0.444 e. The van der Waals surface area contributed by atoms with Crippen LogP contribution < -0.4 is 4.74 Å². The fourth-order valence-corrected chi connectivity index (χ4v) is 3.38. The fraction of sp³-hybridized carbons (Fsp3) is 0.591. The number of hydrogen-bond donors (Lipinski definition) is 0. The molecule has 1 aromatic rings. The van der Waals surface area contributed by atoms with Crippen molar-refractivity contribution >= 4 is 23.7 Å². The molecule has 2 amide bonds. The molecule has 2 rings (SSSR count). The average molecular weight is 450 g/mol. The van der Waals surface area contributed by atoms with Crippen molar-refractivity contribution in [2.45, 2.75) is 59.1 Å². The van der Waals surface area contributed by atoms with E-state index in [1.54, 1.807) is 20.8 Å². The van der Waals surface area contributed by atoms with Crippen molar-refractivity contribution in [3.63, 3.8) is 0 Å². The van der Waals surface area contributed by atoms with Crippen LogP contribution in [0.5, 0.6) is 5.75 Å². The summed E-state index contributed by atoms with van der Waals surface area (Å²) in [6.45, 7) is 9.56. The maximum absolute atomic E-state index is 13.0. The molecular formula is C22H31N3O7. The number of hydrogen-bond acceptors (Lipinski definition) is 7. The molecule has 1 aliphatic rings. The second kappa shape index (κ2) is 10.4. The van der Waals surface area contributed by atoms with Crippen LogP contribution in [-0.2, 0) is 9.53 Å². The number of ether oxygens (including phenoxy) is 2. The van der Waals surface area contributed by atoms with E-state index in [2.05, 4.69) is 0 Å². The van der Waals surface area contributed by atoms with E-state index < -0.39 is 28.8 Å². The number of amides is 2. The van der Waals surface area contributed by atoms with Crippen LogP contribution in [0.3, 0.4) is 0 Å². The summed E-state index contributed by atoms with van der Waals surface area (Å²) < 4.78 is 10.7. The summed E-state index contributed by atoms with van der Waals surface area (Å²) in [6.07, 6.45) is -0.0992. The van der Waals surface area contributed by atoms with E-state index in [4.69, 9.17) is 9.47 Å². The molecule has 0 aromatic heterocycles. The second-order valence-corrected chi connectivity index (χ2v) is 9.19. The highest BCUT2D eigenvalue weighted by molar-refractivity contribution is 5.91. The standard InChI is InChI=1S/C22H31N3O7/c1-15(2)13-23(20(27)31-17-10-8-16(9-11-17)25(29)30)14-19(26)18-7-6-12-24(18)21(28)32-22(3,4)5/h8-11,15,18H,6-7,12-14H2,1-5H3/t18-/m0/s1. The zero-order valence-corrected chi connectivity index (χ0v) is 19.2. The molecule has 0 aliphatic carbocycles. The SMILES string of the molecule is CC(C)CN(CC(=O)[C@@H]1CCCN1C(=O)OC(C)(C)C)C(=O)Oc1ccc([N+](=O)[O-])cc1. The maximum Gasteiger partial charge on any atom is 0.415 e. The highest BCUT2D eigenvalue weighted by Gasteiger charge is 2.37. The van der Waals surface area contributed by atoms with E-state index in [1.807, 2.05) is 13.8 Å².